The number of rotatable bonds is 5. The van der Waals surface area contributed by atoms with Crippen LogP contribution < -0.4 is 4.90 Å². The fourth-order valence-electron chi connectivity index (χ4n) is 2.71. The molecule has 22 heavy (non-hydrogen) atoms. The van der Waals surface area contributed by atoms with E-state index in [4.69, 9.17) is 4.74 Å². The Morgan fingerprint density at radius 3 is 2.32 bits per heavy atom. The summed E-state index contributed by atoms with van der Waals surface area (Å²) in [7, 11) is 0. The van der Waals surface area contributed by atoms with E-state index < -0.39 is 18.4 Å². The molecular formula is C18H18FNO2. The van der Waals surface area contributed by atoms with Gasteiger partial charge in [-0.1, -0.05) is 48.5 Å². The quantitative estimate of drug-likeness (QED) is 0.835. The first kappa shape index (κ1) is 14.6. The molecule has 1 atom stereocenters. The highest BCUT2D eigenvalue weighted by Gasteiger charge is 2.45. The first-order valence-corrected chi connectivity index (χ1v) is 7.38. The third-order valence-electron chi connectivity index (χ3n) is 3.99. The molecule has 1 fully saturated rings. The molecule has 0 bridgehead atoms. The zero-order valence-electron chi connectivity index (χ0n) is 12.2. The fraction of sp³-hybridized carbons (Fsp3) is 0.278. The average Bonchev–Trinajstić information content (AvgIpc) is 2.92. The number of ether oxygens (including phenoxy) is 1. The highest BCUT2D eigenvalue weighted by atomic mass is 19.1. The molecule has 1 unspecified atom stereocenters. The molecule has 0 N–H and O–H groups in total. The van der Waals surface area contributed by atoms with E-state index in [1.54, 1.807) is 0 Å². The first-order chi connectivity index (χ1) is 10.7. The topological polar surface area (TPSA) is 29.5 Å². The van der Waals surface area contributed by atoms with Gasteiger partial charge < -0.3 is 4.74 Å². The summed E-state index contributed by atoms with van der Waals surface area (Å²) >= 11 is 0. The summed E-state index contributed by atoms with van der Waals surface area (Å²) in [6.07, 6.45) is 0.681. The Hall–Kier alpha value is -2.36. The lowest BCUT2D eigenvalue weighted by Gasteiger charge is -2.23. The number of benzene rings is 2. The van der Waals surface area contributed by atoms with Crippen LogP contribution >= 0.6 is 0 Å². The molecule has 0 saturated carbocycles. The van der Waals surface area contributed by atoms with Crippen molar-refractivity contribution in [3.63, 3.8) is 0 Å². The Bertz CT molecular complexity index is 632. The van der Waals surface area contributed by atoms with Crippen molar-refractivity contribution in [2.24, 2.45) is 0 Å². The van der Waals surface area contributed by atoms with Crippen LogP contribution in [0.25, 0.3) is 0 Å². The zero-order chi connectivity index (χ0) is 15.4. The Kier molecular flexibility index (Phi) is 4.09. The Labute approximate surface area is 129 Å². The van der Waals surface area contributed by atoms with Gasteiger partial charge in [0.25, 0.3) is 0 Å². The van der Waals surface area contributed by atoms with Crippen LogP contribution in [0.2, 0.25) is 0 Å². The van der Waals surface area contributed by atoms with Gasteiger partial charge in [0.1, 0.15) is 6.67 Å². The van der Waals surface area contributed by atoms with Crippen molar-refractivity contribution in [2.45, 2.75) is 18.4 Å². The van der Waals surface area contributed by atoms with Gasteiger partial charge in [0.05, 0.1) is 6.54 Å². The molecule has 1 aliphatic heterocycles. The number of anilines is 1. The number of hydrogen-bond donors (Lipinski definition) is 0. The highest BCUT2D eigenvalue weighted by Crippen LogP contribution is 2.32. The van der Waals surface area contributed by atoms with Gasteiger partial charge in [-0.05, 0) is 30.5 Å². The lowest BCUT2D eigenvalue weighted by atomic mass is 9.96. The van der Waals surface area contributed by atoms with Gasteiger partial charge in [-0.15, -0.1) is 0 Å². The lowest BCUT2D eigenvalue weighted by molar-refractivity contribution is 0.0286. The Morgan fingerprint density at radius 1 is 1.05 bits per heavy atom. The van der Waals surface area contributed by atoms with Crippen LogP contribution in [0.4, 0.5) is 14.9 Å². The molecule has 2 aromatic rings. The first-order valence-electron chi connectivity index (χ1n) is 7.38. The molecule has 0 aliphatic carbocycles. The third-order valence-corrected chi connectivity index (χ3v) is 3.99. The number of hydrogen-bond acceptors (Lipinski definition) is 2. The van der Waals surface area contributed by atoms with E-state index in [1.807, 2.05) is 60.7 Å². The number of carbonyl (C=O) groups is 1. The number of aryl methyl sites for hydroxylation is 1. The SMILES string of the molecule is O=C1OC(CF)(CCc2ccccc2)CN1c1ccccc1. The summed E-state index contributed by atoms with van der Waals surface area (Å²) in [6, 6.07) is 19.1. The number of amides is 1. The van der Waals surface area contributed by atoms with Gasteiger partial charge in [-0.2, -0.15) is 0 Å². The molecule has 1 saturated heterocycles. The van der Waals surface area contributed by atoms with Crippen molar-refractivity contribution in [2.75, 3.05) is 18.1 Å². The van der Waals surface area contributed by atoms with Crippen LogP contribution in [0.1, 0.15) is 12.0 Å². The molecule has 0 spiro atoms. The minimum Gasteiger partial charge on any atom is -0.438 e. The van der Waals surface area contributed by atoms with E-state index >= 15 is 0 Å². The number of cyclic esters (lactones) is 1. The molecule has 1 aliphatic rings. The maximum Gasteiger partial charge on any atom is 0.415 e. The molecule has 114 valence electrons. The normalized spacial score (nSPS) is 21.0. The minimum atomic E-state index is -1.05. The van der Waals surface area contributed by atoms with Crippen LogP contribution in [0.3, 0.4) is 0 Å². The molecule has 3 nitrogen and oxygen atoms in total. The average molecular weight is 299 g/mol. The van der Waals surface area contributed by atoms with Gasteiger partial charge in [0, 0.05) is 5.69 Å². The molecule has 3 rings (SSSR count). The predicted molar refractivity (Wildman–Crippen MR) is 83.7 cm³/mol. The van der Waals surface area contributed by atoms with Gasteiger partial charge in [0.15, 0.2) is 5.60 Å². The van der Waals surface area contributed by atoms with Crippen molar-refractivity contribution in [1.29, 1.82) is 0 Å². The van der Waals surface area contributed by atoms with Crippen LogP contribution in [-0.4, -0.2) is 24.9 Å². The standard InChI is InChI=1S/C18H18FNO2/c19-13-18(12-11-15-7-3-1-4-8-15)14-20(17(21)22-18)16-9-5-2-6-10-16/h1-10H,11-14H2. The highest BCUT2D eigenvalue weighted by molar-refractivity contribution is 5.90. The lowest BCUT2D eigenvalue weighted by Crippen LogP contribution is -2.37. The van der Waals surface area contributed by atoms with Crippen molar-refractivity contribution in [3.8, 4) is 0 Å². The number of halogens is 1. The Morgan fingerprint density at radius 2 is 1.68 bits per heavy atom. The fourth-order valence-corrected chi connectivity index (χ4v) is 2.71. The van der Waals surface area contributed by atoms with Gasteiger partial charge in [-0.3, -0.25) is 4.90 Å². The smallest absolute Gasteiger partial charge is 0.415 e. The Balaban J connectivity index is 1.73. The van der Waals surface area contributed by atoms with Crippen LogP contribution in [0.5, 0.6) is 0 Å². The molecular weight excluding hydrogens is 281 g/mol. The van der Waals surface area contributed by atoms with Gasteiger partial charge >= 0.3 is 6.09 Å². The summed E-state index contributed by atoms with van der Waals surface area (Å²) in [5.74, 6) is 0. The van der Waals surface area contributed by atoms with Crippen LogP contribution in [0, 0.1) is 0 Å². The number of carbonyl (C=O) groups excluding carboxylic acids is 1. The summed E-state index contributed by atoms with van der Waals surface area (Å²) in [5, 5.41) is 0. The van der Waals surface area contributed by atoms with Crippen LogP contribution in [-0.2, 0) is 11.2 Å². The largest absolute Gasteiger partial charge is 0.438 e. The molecule has 1 heterocycles. The molecule has 0 aromatic heterocycles. The third kappa shape index (κ3) is 2.96. The van der Waals surface area contributed by atoms with E-state index in [9.17, 15) is 9.18 Å². The molecule has 2 aromatic carbocycles. The second kappa shape index (κ2) is 6.18. The second-order valence-corrected chi connectivity index (χ2v) is 5.59. The molecule has 0 radical (unpaired) electrons. The van der Waals surface area contributed by atoms with Gasteiger partial charge in [0.2, 0.25) is 0 Å². The summed E-state index contributed by atoms with van der Waals surface area (Å²) in [5.41, 5.74) is 0.801. The van der Waals surface area contributed by atoms with E-state index in [-0.39, 0.29) is 6.54 Å². The van der Waals surface area contributed by atoms with E-state index in [0.717, 1.165) is 11.3 Å². The van der Waals surface area contributed by atoms with E-state index in [1.165, 1.54) is 4.90 Å². The van der Waals surface area contributed by atoms with Crippen molar-refractivity contribution in [3.05, 3.63) is 66.2 Å². The van der Waals surface area contributed by atoms with Gasteiger partial charge in [-0.25, -0.2) is 9.18 Å². The monoisotopic (exact) mass is 299 g/mol. The predicted octanol–water partition coefficient (Wildman–Crippen LogP) is 3.98. The maximum absolute atomic E-state index is 13.6. The van der Waals surface area contributed by atoms with E-state index in [2.05, 4.69) is 0 Å². The number of alkyl halides is 1. The van der Waals surface area contributed by atoms with Crippen molar-refractivity contribution >= 4 is 11.8 Å². The summed E-state index contributed by atoms with van der Waals surface area (Å²) < 4.78 is 19.0. The maximum atomic E-state index is 13.6. The summed E-state index contributed by atoms with van der Waals surface area (Å²) in [4.78, 5) is 13.6. The molecule has 4 heteroatoms. The van der Waals surface area contributed by atoms with Crippen LogP contribution in [0.15, 0.2) is 60.7 Å². The second-order valence-electron chi connectivity index (χ2n) is 5.59. The number of para-hydroxylation sites is 1. The zero-order valence-corrected chi connectivity index (χ0v) is 12.2. The molecule has 1 amide bonds. The van der Waals surface area contributed by atoms with Crippen molar-refractivity contribution < 1.29 is 13.9 Å². The number of nitrogens with zero attached hydrogens (tertiary/aromatic N) is 1. The summed E-state index contributed by atoms with van der Waals surface area (Å²) in [6.45, 7) is -0.423. The minimum absolute atomic E-state index is 0.249. The van der Waals surface area contributed by atoms with E-state index in [0.29, 0.717) is 12.8 Å². The van der Waals surface area contributed by atoms with Crippen molar-refractivity contribution in [1.82, 2.24) is 0 Å².